The van der Waals surface area contributed by atoms with Crippen molar-refractivity contribution in [3.8, 4) is 0 Å². The van der Waals surface area contributed by atoms with E-state index in [1.807, 2.05) is 0 Å². The minimum atomic E-state index is 0.483. The van der Waals surface area contributed by atoms with Crippen LogP contribution in [0.1, 0.15) is 57.7 Å². The van der Waals surface area contributed by atoms with Gasteiger partial charge < -0.3 is 5.32 Å². The van der Waals surface area contributed by atoms with E-state index in [2.05, 4.69) is 64.3 Å². The van der Waals surface area contributed by atoms with Gasteiger partial charge in [0.05, 0.1) is 0 Å². The van der Waals surface area contributed by atoms with Crippen LogP contribution in [0.25, 0.3) is 0 Å². The van der Waals surface area contributed by atoms with Crippen LogP contribution in [0.15, 0.2) is 24.3 Å². The summed E-state index contributed by atoms with van der Waals surface area (Å²) in [5, 5.41) is 3.48. The van der Waals surface area contributed by atoms with E-state index in [0.29, 0.717) is 12.0 Å². The van der Waals surface area contributed by atoms with Gasteiger partial charge in [-0.05, 0) is 42.9 Å². The molecule has 0 aliphatic rings. The zero-order valence-corrected chi connectivity index (χ0v) is 12.7. The fraction of sp³-hybridized carbons (Fsp3) is 0.647. The summed E-state index contributed by atoms with van der Waals surface area (Å²) in [6.45, 7) is 9.17. The highest BCUT2D eigenvalue weighted by atomic mass is 14.9. The Kier molecular flexibility index (Phi) is 6.42. The lowest BCUT2D eigenvalue weighted by Gasteiger charge is -2.24. The van der Waals surface area contributed by atoms with E-state index in [0.717, 1.165) is 5.92 Å². The molecule has 1 aromatic rings. The molecule has 1 N–H and O–H groups in total. The van der Waals surface area contributed by atoms with Gasteiger partial charge in [-0.25, -0.2) is 0 Å². The van der Waals surface area contributed by atoms with Crippen LogP contribution in [0.2, 0.25) is 0 Å². The van der Waals surface area contributed by atoms with E-state index in [9.17, 15) is 0 Å². The van der Waals surface area contributed by atoms with Gasteiger partial charge in [-0.1, -0.05) is 58.4 Å². The highest BCUT2D eigenvalue weighted by Gasteiger charge is 2.16. The molecule has 0 saturated heterocycles. The van der Waals surface area contributed by atoms with Crippen LogP contribution in [-0.4, -0.2) is 7.05 Å². The van der Waals surface area contributed by atoms with Crippen molar-refractivity contribution in [1.82, 2.24) is 5.32 Å². The molecule has 0 aliphatic heterocycles. The molecule has 0 amide bonds. The van der Waals surface area contributed by atoms with Crippen molar-refractivity contribution in [1.29, 1.82) is 0 Å². The average molecular weight is 247 g/mol. The summed E-state index contributed by atoms with van der Waals surface area (Å²) in [5.74, 6) is 1.41. The summed E-state index contributed by atoms with van der Waals surface area (Å²) in [6.07, 6.45) is 3.71. The van der Waals surface area contributed by atoms with Gasteiger partial charge >= 0.3 is 0 Å². The predicted molar refractivity (Wildman–Crippen MR) is 80.9 cm³/mol. The molecule has 1 nitrogen and oxygen atoms in total. The first kappa shape index (κ1) is 15.2. The molecular weight excluding hydrogens is 218 g/mol. The first-order valence-electron chi connectivity index (χ1n) is 7.34. The summed E-state index contributed by atoms with van der Waals surface area (Å²) in [4.78, 5) is 0. The average Bonchev–Trinajstić information content (AvgIpc) is 2.30. The van der Waals surface area contributed by atoms with E-state index < -0.39 is 0 Å². The van der Waals surface area contributed by atoms with Crippen LogP contribution >= 0.6 is 0 Å². The second-order valence-corrected chi connectivity index (χ2v) is 5.88. The molecule has 0 spiro atoms. The molecule has 0 fully saturated rings. The van der Waals surface area contributed by atoms with Gasteiger partial charge in [0.25, 0.3) is 0 Å². The van der Waals surface area contributed by atoms with Crippen LogP contribution in [-0.2, 0) is 6.42 Å². The maximum atomic E-state index is 3.48. The third-order valence-corrected chi connectivity index (χ3v) is 3.58. The second kappa shape index (κ2) is 7.58. The summed E-state index contributed by atoms with van der Waals surface area (Å²) < 4.78 is 0. The molecule has 2 unspecified atom stereocenters. The van der Waals surface area contributed by atoms with Gasteiger partial charge in [-0.15, -0.1) is 0 Å². The minimum absolute atomic E-state index is 0.483. The Morgan fingerprint density at radius 1 is 1.17 bits per heavy atom. The lowest BCUT2D eigenvalue weighted by molar-refractivity contribution is 0.383. The number of benzene rings is 1. The van der Waals surface area contributed by atoms with E-state index in [4.69, 9.17) is 0 Å². The second-order valence-electron chi connectivity index (χ2n) is 5.88. The van der Waals surface area contributed by atoms with E-state index in [1.54, 1.807) is 0 Å². The third kappa shape index (κ3) is 4.45. The van der Waals surface area contributed by atoms with Crippen LogP contribution in [0.4, 0.5) is 0 Å². The van der Waals surface area contributed by atoms with Crippen molar-refractivity contribution in [2.75, 3.05) is 7.05 Å². The summed E-state index contributed by atoms with van der Waals surface area (Å²) >= 11 is 0. The first-order valence-corrected chi connectivity index (χ1v) is 7.34. The summed E-state index contributed by atoms with van der Waals surface area (Å²) in [6, 6.07) is 9.58. The molecule has 2 atom stereocenters. The fourth-order valence-corrected chi connectivity index (χ4v) is 2.79. The van der Waals surface area contributed by atoms with Gasteiger partial charge in [0.2, 0.25) is 0 Å². The van der Waals surface area contributed by atoms with Gasteiger partial charge in [0, 0.05) is 6.04 Å². The highest BCUT2D eigenvalue weighted by molar-refractivity contribution is 5.26. The Hall–Kier alpha value is -0.820. The maximum absolute atomic E-state index is 3.48. The van der Waals surface area contributed by atoms with Crippen molar-refractivity contribution in [2.45, 2.75) is 53.0 Å². The van der Waals surface area contributed by atoms with Crippen molar-refractivity contribution < 1.29 is 0 Å². The molecule has 18 heavy (non-hydrogen) atoms. The predicted octanol–water partition coefficient (Wildman–Crippen LogP) is 4.58. The molecule has 0 aromatic heterocycles. The molecule has 0 bridgehead atoms. The fourth-order valence-electron chi connectivity index (χ4n) is 2.79. The molecule has 102 valence electrons. The normalized spacial score (nSPS) is 14.8. The molecule has 1 aromatic carbocycles. The Balaban J connectivity index is 2.85. The third-order valence-electron chi connectivity index (χ3n) is 3.58. The van der Waals surface area contributed by atoms with Crippen LogP contribution < -0.4 is 5.32 Å². The van der Waals surface area contributed by atoms with E-state index in [1.165, 1.54) is 30.4 Å². The Morgan fingerprint density at radius 2 is 1.89 bits per heavy atom. The topological polar surface area (TPSA) is 12.0 Å². The number of nitrogens with one attached hydrogen (secondary N) is 1. The Bertz CT molecular complexity index is 343. The standard InChI is InChI=1S/C17H29N/c1-6-8-14(4)17(18-5)16-10-7-9-15(12-16)11-13(2)3/h7,9-10,12-14,17-18H,6,8,11H2,1-5H3. The molecule has 0 saturated carbocycles. The molecule has 0 aliphatic carbocycles. The number of rotatable bonds is 7. The van der Waals surface area contributed by atoms with Crippen molar-refractivity contribution in [3.63, 3.8) is 0 Å². The zero-order valence-electron chi connectivity index (χ0n) is 12.7. The number of hydrogen-bond acceptors (Lipinski definition) is 1. The Labute approximate surface area is 113 Å². The van der Waals surface area contributed by atoms with E-state index in [-0.39, 0.29) is 0 Å². The zero-order chi connectivity index (χ0) is 13.5. The Morgan fingerprint density at radius 3 is 2.44 bits per heavy atom. The van der Waals surface area contributed by atoms with Crippen LogP contribution in [0.5, 0.6) is 0 Å². The SMILES string of the molecule is CCCC(C)C(NC)c1cccc(CC(C)C)c1. The summed E-state index contributed by atoms with van der Waals surface area (Å²) in [7, 11) is 2.08. The van der Waals surface area contributed by atoms with Crippen molar-refractivity contribution >= 4 is 0 Å². The number of hydrogen-bond donors (Lipinski definition) is 1. The molecular formula is C17H29N. The minimum Gasteiger partial charge on any atom is -0.313 e. The smallest absolute Gasteiger partial charge is 0.0343 e. The van der Waals surface area contributed by atoms with Crippen molar-refractivity contribution in [2.24, 2.45) is 11.8 Å². The van der Waals surface area contributed by atoms with Crippen LogP contribution in [0, 0.1) is 11.8 Å². The first-order chi connectivity index (χ1) is 8.58. The van der Waals surface area contributed by atoms with Crippen LogP contribution in [0.3, 0.4) is 0 Å². The lowest BCUT2D eigenvalue weighted by atomic mass is 9.89. The van der Waals surface area contributed by atoms with Gasteiger partial charge in [0.1, 0.15) is 0 Å². The van der Waals surface area contributed by atoms with Gasteiger partial charge in [-0.2, -0.15) is 0 Å². The largest absolute Gasteiger partial charge is 0.313 e. The molecule has 1 rings (SSSR count). The van der Waals surface area contributed by atoms with Gasteiger partial charge in [0.15, 0.2) is 0 Å². The summed E-state index contributed by atoms with van der Waals surface area (Å²) in [5.41, 5.74) is 2.91. The maximum Gasteiger partial charge on any atom is 0.0343 e. The lowest BCUT2D eigenvalue weighted by Crippen LogP contribution is -2.23. The quantitative estimate of drug-likeness (QED) is 0.743. The molecule has 0 heterocycles. The molecule has 0 radical (unpaired) electrons. The highest BCUT2D eigenvalue weighted by Crippen LogP contribution is 2.26. The van der Waals surface area contributed by atoms with Crippen molar-refractivity contribution in [3.05, 3.63) is 35.4 Å². The monoisotopic (exact) mass is 247 g/mol. The van der Waals surface area contributed by atoms with Gasteiger partial charge in [-0.3, -0.25) is 0 Å². The van der Waals surface area contributed by atoms with E-state index >= 15 is 0 Å². The molecule has 1 heteroatoms.